The number of hydrogen-bond donors (Lipinski definition) is 0. The van der Waals surface area contributed by atoms with Gasteiger partial charge in [0.05, 0.1) is 27.3 Å². The standard InChI is InChI=1S/C21H24N2O4/c1-22-14-19(24)23(13-16-10-7-11-18(26-2)20(16)27-3)17(21(22)25)12-15-8-5-4-6-9-15/h4-11,17H,12-14H2,1-3H3/t17-/m0/s1. The number of hydrogen-bond acceptors (Lipinski definition) is 4. The Balaban J connectivity index is 1.93. The van der Waals surface area contributed by atoms with Crippen LogP contribution in [0.2, 0.25) is 0 Å². The van der Waals surface area contributed by atoms with E-state index in [2.05, 4.69) is 0 Å². The first-order valence-electron chi connectivity index (χ1n) is 8.83. The van der Waals surface area contributed by atoms with Gasteiger partial charge < -0.3 is 19.3 Å². The van der Waals surface area contributed by atoms with Crippen LogP contribution < -0.4 is 9.47 Å². The maximum absolute atomic E-state index is 12.8. The van der Waals surface area contributed by atoms with Crippen molar-refractivity contribution in [2.24, 2.45) is 0 Å². The number of amides is 2. The lowest BCUT2D eigenvalue weighted by molar-refractivity contribution is -0.155. The van der Waals surface area contributed by atoms with Gasteiger partial charge in [-0.1, -0.05) is 42.5 Å². The van der Waals surface area contributed by atoms with E-state index in [0.717, 1.165) is 11.1 Å². The van der Waals surface area contributed by atoms with E-state index < -0.39 is 6.04 Å². The van der Waals surface area contributed by atoms with Crippen molar-refractivity contribution in [3.63, 3.8) is 0 Å². The molecule has 0 aliphatic carbocycles. The van der Waals surface area contributed by atoms with E-state index >= 15 is 0 Å². The number of benzene rings is 2. The summed E-state index contributed by atoms with van der Waals surface area (Å²) in [6.07, 6.45) is 0.474. The first-order chi connectivity index (χ1) is 13.0. The molecule has 6 heteroatoms. The summed E-state index contributed by atoms with van der Waals surface area (Å²) < 4.78 is 10.8. The summed E-state index contributed by atoms with van der Waals surface area (Å²) in [6.45, 7) is 0.368. The maximum Gasteiger partial charge on any atom is 0.245 e. The molecule has 0 N–H and O–H groups in total. The summed E-state index contributed by atoms with van der Waals surface area (Å²) in [5.41, 5.74) is 1.82. The fourth-order valence-corrected chi connectivity index (χ4v) is 3.43. The Morgan fingerprint density at radius 2 is 1.74 bits per heavy atom. The van der Waals surface area contributed by atoms with Crippen LogP contribution in [0.4, 0.5) is 0 Å². The molecule has 3 rings (SSSR count). The quantitative estimate of drug-likeness (QED) is 0.784. The molecule has 1 atom stereocenters. The molecule has 0 unspecified atom stereocenters. The van der Waals surface area contributed by atoms with Crippen LogP contribution in [0.15, 0.2) is 48.5 Å². The molecule has 0 radical (unpaired) electrons. The van der Waals surface area contributed by atoms with Gasteiger partial charge in [-0.05, 0) is 11.6 Å². The molecule has 27 heavy (non-hydrogen) atoms. The van der Waals surface area contributed by atoms with E-state index in [-0.39, 0.29) is 24.9 Å². The lowest BCUT2D eigenvalue weighted by Crippen LogP contribution is -2.59. The van der Waals surface area contributed by atoms with Gasteiger partial charge in [0.15, 0.2) is 11.5 Å². The molecular formula is C21H24N2O4. The second-order valence-corrected chi connectivity index (χ2v) is 6.57. The fraction of sp³-hybridized carbons (Fsp3) is 0.333. The lowest BCUT2D eigenvalue weighted by atomic mass is 10.00. The van der Waals surface area contributed by atoms with Gasteiger partial charge >= 0.3 is 0 Å². The van der Waals surface area contributed by atoms with Crippen molar-refractivity contribution >= 4 is 11.8 Å². The molecule has 1 fully saturated rings. The van der Waals surface area contributed by atoms with E-state index in [1.54, 1.807) is 32.2 Å². The third-order valence-electron chi connectivity index (χ3n) is 4.83. The number of methoxy groups -OCH3 is 2. The van der Waals surface area contributed by atoms with Crippen LogP contribution in [-0.2, 0) is 22.6 Å². The summed E-state index contributed by atoms with van der Waals surface area (Å²) in [5.74, 6) is 1.04. The average Bonchev–Trinajstić information content (AvgIpc) is 2.69. The van der Waals surface area contributed by atoms with Crippen molar-refractivity contribution in [2.45, 2.75) is 19.0 Å². The van der Waals surface area contributed by atoms with E-state index in [9.17, 15) is 9.59 Å². The van der Waals surface area contributed by atoms with E-state index in [1.165, 1.54) is 4.90 Å². The summed E-state index contributed by atoms with van der Waals surface area (Å²) >= 11 is 0. The number of carbonyl (C=O) groups excluding carboxylic acids is 2. The molecule has 0 bridgehead atoms. The largest absolute Gasteiger partial charge is 0.493 e. The zero-order valence-corrected chi connectivity index (χ0v) is 15.8. The smallest absolute Gasteiger partial charge is 0.245 e. The zero-order valence-electron chi connectivity index (χ0n) is 15.8. The Hall–Kier alpha value is -3.02. The van der Waals surface area contributed by atoms with Crippen molar-refractivity contribution in [1.82, 2.24) is 9.80 Å². The number of para-hydroxylation sites is 1. The molecule has 0 aromatic heterocycles. The van der Waals surface area contributed by atoms with Crippen LogP contribution in [0.5, 0.6) is 11.5 Å². The zero-order chi connectivity index (χ0) is 19.4. The van der Waals surface area contributed by atoms with Crippen LogP contribution in [0.25, 0.3) is 0 Å². The predicted molar refractivity (Wildman–Crippen MR) is 102 cm³/mol. The molecule has 0 spiro atoms. The first-order valence-corrected chi connectivity index (χ1v) is 8.83. The Morgan fingerprint density at radius 1 is 1.00 bits per heavy atom. The van der Waals surface area contributed by atoms with Crippen LogP contribution in [0.1, 0.15) is 11.1 Å². The number of likely N-dealkylation sites (N-methyl/N-ethyl adjacent to an activating group) is 1. The second-order valence-electron chi connectivity index (χ2n) is 6.57. The Bertz CT molecular complexity index is 822. The Morgan fingerprint density at radius 3 is 2.41 bits per heavy atom. The minimum absolute atomic E-state index is 0.0553. The van der Waals surface area contributed by atoms with Crippen molar-refractivity contribution in [2.75, 3.05) is 27.8 Å². The number of piperazine rings is 1. The summed E-state index contributed by atoms with van der Waals surface area (Å²) in [6, 6.07) is 14.7. The third kappa shape index (κ3) is 3.89. The summed E-state index contributed by atoms with van der Waals surface area (Å²) in [4.78, 5) is 28.7. The van der Waals surface area contributed by atoms with Gasteiger partial charge in [0.1, 0.15) is 6.04 Å². The van der Waals surface area contributed by atoms with Crippen LogP contribution in [-0.4, -0.2) is 55.5 Å². The van der Waals surface area contributed by atoms with Gasteiger partial charge in [-0.3, -0.25) is 9.59 Å². The lowest BCUT2D eigenvalue weighted by Gasteiger charge is -2.39. The van der Waals surface area contributed by atoms with Crippen LogP contribution in [0, 0.1) is 0 Å². The molecule has 6 nitrogen and oxygen atoms in total. The number of rotatable bonds is 6. The minimum Gasteiger partial charge on any atom is -0.493 e. The number of nitrogens with zero attached hydrogens (tertiary/aromatic N) is 2. The Kier molecular flexibility index (Phi) is 5.64. The van der Waals surface area contributed by atoms with Crippen LogP contribution in [0.3, 0.4) is 0 Å². The highest BCUT2D eigenvalue weighted by molar-refractivity contribution is 5.95. The fourth-order valence-electron chi connectivity index (χ4n) is 3.43. The molecule has 1 heterocycles. The highest BCUT2D eigenvalue weighted by Crippen LogP contribution is 2.32. The molecule has 0 saturated carbocycles. The van der Waals surface area contributed by atoms with E-state index in [0.29, 0.717) is 17.9 Å². The molecule has 2 amide bonds. The van der Waals surface area contributed by atoms with Crippen LogP contribution >= 0.6 is 0 Å². The normalized spacial score (nSPS) is 17.2. The molecule has 1 saturated heterocycles. The van der Waals surface area contributed by atoms with E-state index in [4.69, 9.17) is 9.47 Å². The third-order valence-corrected chi connectivity index (χ3v) is 4.83. The molecule has 2 aromatic rings. The summed E-state index contributed by atoms with van der Waals surface area (Å²) in [5, 5.41) is 0. The van der Waals surface area contributed by atoms with Gasteiger partial charge in [-0.25, -0.2) is 0 Å². The monoisotopic (exact) mass is 368 g/mol. The molecule has 142 valence electrons. The van der Waals surface area contributed by atoms with Crippen molar-refractivity contribution < 1.29 is 19.1 Å². The highest BCUT2D eigenvalue weighted by atomic mass is 16.5. The second kappa shape index (κ2) is 8.12. The topological polar surface area (TPSA) is 59.1 Å². The van der Waals surface area contributed by atoms with Gasteiger partial charge in [-0.15, -0.1) is 0 Å². The molecule has 2 aromatic carbocycles. The highest BCUT2D eigenvalue weighted by Gasteiger charge is 2.38. The van der Waals surface area contributed by atoms with Crippen molar-refractivity contribution in [3.8, 4) is 11.5 Å². The van der Waals surface area contributed by atoms with Gasteiger partial charge in [0, 0.05) is 19.0 Å². The van der Waals surface area contributed by atoms with Gasteiger partial charge in [0.25, 0.3) is 0 Å². The average molecular weight is 368 g/mol. The SMILES string of the molecule is COc1cccc(CN2C(=O)CN(C)C(=O)[C@@H]2Cc2ccccc2)c1OC. The molecular weight excluding hydrogens is 344 g/mol. The number of ether oxygens (including phenoxy) is 2. The first kappa shape index (κ1) is 18.8. The predicted octanol–water partition coefficient (Wildman–Crippen LogP) is 2.12. The summed E-state index contributed by atoms with van der Waals surface area (Å²) in [7, 11) is 4.81. The van der Waals surface area contributed by atoms with Crippen molar-refractivity contribution in [3.05, 3.63) is 59.7 Å². The number of carbonyl (C=O) groups is 2. The minimum atomic E-state index is -0.547. The Labute approximate surface area is 159 Å². The molecule has 1 aliphatic heterocycles. The van der Waals surface area contributed by atoms with Crippen molar-refractivity contribution in [1.29, 1.82) is 0 Å². The van der Waals surface area contributed by atoms with Gasteiger partial charge in [0.2, 0.25) is 11.8 Å². The maximum atomic E-state index is 12.8. The van der Waals surface area contributed by atoms with Gasteiger partial charge in [-0.2, -0.15) is 0 Å². The van der Waals surface area contributed by atoms with E-state index in [1.807, 2.05) is 42.5 Å². The molecule has 1 aliphatic rings.